The molecule has 0 radical (unpaired) electrons. The van der Waals surface area contributed by atoms with E-state index >= 15 is 0 Å². The number of hydrogen-bond donors (Lipinski definition) is 1. The highest BCUT2D eigenvalue weighted by Gasteiger charge is 2.00. The first kappa shape index (κ1) is 11.4. The summed E-state index contributed by atoms with van der Waals surface area (Å²) < 4.78 is 0. The minimum absolute atomic E-state index is 0.561. The highest BCUT2D eigenvalue weighted by atomic mass is 14.5. The molecule has 1 heteroatoms. The van der Waals surface area contributed by atoms with E-state index in [2.05, 4.69) is 39.0 Å². The molecule has 2 N–H and O–H groups in total. The highest BCUT2D eigenvalue weighted by Crippen LogP contribution is 2.09. The largest absolute Gasteiger partial charge is 0.330 e. The van der Waals surface area contributed by atoms with Gasteiger partial charge in [0.25, 0.3) is 0 Å². The highest BCUT2D eigenvalue weighted by molar-refractivity contribution is 4.98. The average molecular weight is 167 g/mol. The van der Waals surface area contributed by atoms with Crippen LogP contribution in [0.5, 0.6) is 0 Å². The summed E-state index contributed by atoms with van der Waals surface area (Å²) in [6, 6.07) is 0. The Morgan fingerprint density at radius 3 is 2.50 bits per heavy atom. The maximum atomic E-state index is 5.63. The molecule has 70 valence electrons. The molecule has 0 aromatic carbocycles. The van der Waals surface area contributed by atoms with E-state index in [4.69, 9.17) is 5.73 Å². The van der Waals surface area contributed by atoms with Crippen molar-refractivity contribution in [3.8, 4) is 0 Å². The van der Waals surface area contributed by atoms with Crippen LogP contribution in [-0.2, 0) is 0 Å². The molecule has 0 aromatic heterocycles. The third kappa shape index (κ3) is 6.17. The Kier molecular flexibility index (Phi) is 6.78. The second-order valence-electron chi connectivity index (χ2n) is 3.39. The first-order valence-corrected chi connectivity index (χ1v) is 4.67. The SMILES string of the molecule is C/C=C\CCC(C=C(C)C)CN. The van der Waals surface area contributed by atoms with Crippen molar-refractivity contribution in [1.29, 1.82) is 0 Å². The van der Waals surface area contributed by atoms with E-state index in [1.807, 2.05) is 0 Å². The van der Waals surface area contributed by atoms with Gasteiger partial charge in [-0.05, 0) is 46.1 Å². The first-order valence-electron chi connectivity index (χ1n) is 4.67. The summed E-state index contributed by atoms with van der Waals surface area (Å²) in [6.45, 7) is 7.07. The fraction of sp³-hybridized carbons (Fsp3) is 0.636. The fourth-order valence-corrected chi connectivity index (χ4v) is 1.22. The van der Waals surface area contributed by atoms with Gasteiger partial charge in [-0.3, -0.25) is 0 Å². The normalized spacial score (nSPS) is 13.3. The molecule has 0 amide bonds. The van der Waals surface area contributed by atoms with Crippen molar-refractivity contribution in [2.75, 3.05) is 6.54 Å². The van der Waals surface area contributed by atoms with Crippen molar-refractivity contribution < 1.29 is 0 Å². The maximum Gasteiger partial charge on any atom is -0.00140 e. The van der Waals surface area contributed by atoms with Gasteiger partial charge in [-0.1, -0.05) is 23.8 Å². The Labute approximate surface area is 76.3 Å². The molecule has 0 heterocycles. The molecule has 0 saturated carbocycles. The summed E-state index contributed by atoms with van der Waals surface area (Å²) in [4.78, 5) is 0. The third-order valence-corrected chi connectivity index (χ3v) is 1.81. The molecule has 1 nitrogen and oxygen atoms in total. The predicted octanol–water partition coefficient (Wildman–Crippen LogP) is 2.88. The van der Waals surface area contributed by atoms with Crippen molar-refractivity contribution in [1.82, 2.24) is 0 Å². The lowest BCUT2D eigenvalue weighted by molar-refractivity contribution is 0.605. The summed E-state index contributed by atoms with van der Waals surface area (Å²) in [5.74, 6) is 0.561. The summed E-state index contributed by atoms with van der Waals surface area (Å²) in [5.41, 5.74) is 7.00. The molecule has 0 rings (SSSR count). The summed E-state index contributed by atoms with van der Waals surface area (Å²) in [5, 5.41) is 0. The lowest BCUT2D eigenvalue weighted by atomic mass is 10.0. The van der Waals surface area contributed by atoms with Gasteiger partial charge >= 0.3 is 0 Å². The number of allylic oxidation sites excluding steroid dienone is 3. The summed E-state index contributed by atoms with van der Waals surface area (Å²) in [6.07, 6.45) is 8.87. The van der Waals surface area contributed by atoms with Crippen LogP contribution in [0.3, 0.4) is 0 Å². The Hall–Kier alpha value is -0.560. The van der Waals surface area contributed by atoms with Gasteiger partial charge in [0, 0.05) is 0 Å². The van der Waals surface area contributed by atoms with Gasteiger partial charge in [0.2, 0.25) is 0 Å². The molecule has 1 unspecified atom stereocenters. The van der Waals surface area contributed by atoms with Crippen molar-refractivity contribution in [2.45, 2.75) is 33.6 Å². The lowest BCUT2D eigenvalue weighted by Gasteiger charge is -2.08. The van der Waals surface area contributed by atoms with Crippen molar-refractivity contribution in [3.63, 3.8) is 0 Å². The van der Waals surface area contributed by atoms with E-state index in [0.717, 1.165) is 13.0 Å². The van der Waals surface area contributed by atoms with Gasteiger partial charge in [0.1, 0.15) is 0 Å². The van der Waals surface area contributed by atoms with Crippen LogP contribution >= 0.6 is 0 Å². The minimum Gasteiger partial charge on any atom is -0.330 e. The van der Waals surface area contributed by atoms with Crippen LogP contribution in [0.4, 0.5) is 0 Å². The summed E-state index contributed by atoms with van der Waals surface area (Å²) in [7, 11) is 0. The zero-order valence-electron chi connectivity index (χ0n) is 8.51. The lowest BCUT2D eigenvalue weighted by Crippen LogP contribution is -2.11. The quantitative estimate of drug-likeness (QED) is 0.626. The first-order chi connectivity index (χ1) is 5.70. The van der Waals surface area contributed by atoms with Crippen LogP contribution in [0, 0.1) is 5.92 Å². The van der Waals surface area contributed by atoms with Crippen LogP contribution in [0.2, 0.25) is 0 Å². The molecular weight excluding hydrogens is 146 g/mol. The molecule has 0 bridgehead atoms. The molecule has 0 saturated heterocycles. The molecule has 0 aromatic rings. The number of hydrogen-bond acceptors (Lipinski definition) is 1. The van der Waals surface area contributed by atoms with Crippen LogP contribution in [-0.4, -0.2) is 6.54 Å². The van der Waals surface area contributed by atoms with Crippen LogP contribution in [0.25, 0.3) is 0 Å². The van der Waals surface area contributed by atoms with E-state index in [1.54, 1.807) is 0 Å². The van der Waals surface area contributed by atoms with Gasteiger partial charge in [-0.25, -0.2) is 0 Å². The van der Waals surface area contributed by atoms with Crippen LogP contribution in [0.15, 0.2) is 23.8 Å². The van der Waals surface area contributed by atoms with Gasteiger partial charge in [-0.2, -0.15) is 0 Å². The molecule has 12 heavy (non-hydrogen) atoms. The Bertz CT molecular complexity index is 152. The van der Waals surface area contributed by atoms with E-state index in [0.29, 0.717) is 5.92 Å². The van der Waals surface area contributed by atoms with Crippen LogP contribution < -0.4 is 5.73 Å². The third-order valence-electron chi connectivity index (χ3n) is 1.81. The van der Waals surface area contributed by atoms with Crippen molar-refractivity contribution in [2.24, 2.45) is 11.7 Å². The smallest absolute Gasteiger partial charge is 0.00140 e. The molecule has 0 fully saturated rings. The van der Waals surface area contributed by atoms with Gasteiger partial charge < -0.3 is 5.73 Å². The zero-order chi connectivity index (χ0) is 9.40. The standard InChI is InChI=1S/C11H21N/c1-4-5-6-7-11(9-12)8-10(2)3/h4-5,8,11H,6-7,9,12H2,1-3H3/b5-4-. The van der Waals surface area contributed by atoms with E-state index in [-0.39, 0.29) is 0 Å². The van der Waals surface area contributed by atoms with E-state index in [9.17, 15) is 0 Å². The minimum atomic E-state index is 0.561. The van der Waals surface area contributed by atoms with Crippen LogP contribution in [0.1, 0.15) is 33.6 Å². The van der Waals surface area contributed by atoms with Crippen molar-refractivity contribution in [3.05, 3.63) is 23.8 Å². The maximum absolute atomic E-state index is 5.63. The molecule has 0 spiro atoms. The topological polar surface area (TPSA) is 26.0 Å². The summed E-state index contributed by atoms with van der Waals surface area (Å²) >= 11 is 0. The second kappa shape index (κ2) is 7.11. The van der Waals surface area contributed by atoms with Crippen molar-refractivity contribution >= 4 is 0 Å². The van der Waals surface area contributed by atoms with Gasteiger partial charge in [-0.15, -0.1) is 0 Å². The van der Waals surface area contributed by atoms with E-state index in [1.165, 1.54) is 12.0 Å². The number of nitrogens with two attached hydrogens (primary N) is 1. The number of rotatable bonds is 5. The monoisotopic (exact) mass is 167 g/mol. The Morgan fingerprint density at radius 1 is 1.42 bits per heavy atom. The Morgan fingerprint density at radius 2 is 2.08 bits per heavy atom. The second-order valence-corrected chi connectivity index (χ2v) is 3.39. The molecule has 1 atom stereocenters. The average Bonchev–Trinajstić information content (AvgIpc) is 2.02. The Balaban J connectivity index is 3.76. The zero-order valence-corrected chi connectivity index (χ0v) is 8.51. The molecule has 0 aliphatic heterocycles. The molecule has 0 aliphatic rings. The van der Waals surface area contributed by atoms with Gasteiger partial charge in [0.15, 0.2) is 0 Å². The van der Waals surface area contributed by atoms with Gasteiger partial charge in [0.05, 0.1) is 0 Å². The molecule has 0 aliphatic carbocycles. The predicted molar refractivity (Wildman–Crippen MR) is 56.0 cm³/mol. The fourth-order valence-electron chi connectivity index (χ4n) is 1.22. The van der Waals surface area contributed by atoms with E-state index < -0.39 is 0 Å². The molecular formula is C11H21N.